The third-order valence-electron chi connectivity index (χ3n) is 2.16. The second-order valence-electron chi connectivity index (χ2n) is 5.20. The molecule has 3 heteroatoms. The summed E-state index contributed by atoms with van der Waals surface area (Å²) in [6, 6.07) is 6.06. The van der Waals surface area contributed by atoms with Crippen LogP contribution in [-0.4, -0.2) is 24.4 Å². The average Bonchev–Trinajstić information content (AvgIpc) is 2.15. The summed E-state index contributed by atoms with van der Waals surface area (Å²) in [6.45, 7) is 6.72. The first-order valence-corrected chi connectivity index (χ1v) is 5.31. The molecule has 0 aliphatic carbocycles. The fourth-order valence-corrected chi connectivity index (χ4v) is 1.62. The highest BCUT2D eigenvalue weighted by molar-refractivity contribution is 5.94. The molecule has 1 rings (SSSR count). The molecule has 0 unspecified atom stereocenters. The molecule has 0 spiro atoms. The van der Waals surface area contributed by atoms with Gasteiger partial charge in [0.1, 0.15) is 5.82 Å². The van der Waals surface area contributed by atoms with E-state index >= 15 is 0 Å². The first-order chi connectivity index (χ1) is 7.31. The molecular weight excluding hydrogens is 205 g/mol. The van der Waals surface area contributed by atoms with E-state index in [9.17, 15) is 9.18 Å². The molecule has 0 saturated heterocycles. The molecule has 88 valence electrons. The minimum absolute atomic E-state index is 0.00959. The van der Waals surface area contributed by atoms with Crippen LogP contribution in [0.1, 0.15) is 31.1 Å². The lowest BCUT2D eigenvalue weighted by Gasteiger charge is -2.26. The SMILES string of the molecule is CN(CC(C)(C)C)C(=O)c1ccccc1F. The summed E-state index contributed by atoms with van der Waals surface area (Å²) < 4.78 is 13.4. The molecule has 0 radical (unpaired) electrons. The molecule has 0 bridgehead atoms. The lowest BCUT2D eigenvalue weighted by molar-refractivity contribution is 0.0741. The minimum Gasteiger partial charge on any atom is -0.341 e. The summed E-state index contributed by atoms with van der Waals surface area (Å²) in [5.74, 6) is -0.735. The predicted molar refractivity (Wildman–Crippen MR) is 62.8 cm³/mol. The number of halogens is 1. The van der Waals surface area contributed by atoms with Gasteiger partial charge in [0, 0.05) is 13.6 Å². The topological polar surface area (TPSA) is 20.3 Å². The van der Waals surface area contributed by atoms with Crippen LogP contribution in [0.3, 0.4) is 0 Å². The van der Waals surface area contributed by atoms with Gasteiger partial charge in [-0.05, 0) is 17.5 Å². The highest BCUT2D eigenvalue weighted by atomic mass is 19.1. The number of hydrogen-bond acceptors (Lipinski definition) is 1. The maximum absolute atomic E-state index is 13.4. The number of carbonyl (C=O) groups excluding carboxylic acids is 1. The quantitative estimate of drug-likeness (QED) is 0.755. The van der Waals surface area contributed by atoms with E-state index in [1.807, 2.05) is 20.8 Å². The highest BCUT2D eigenvalue weighted by Crippen LogP contribution is 2.16. The number of hydrogen-bond donors (Lipinski definition) is 0. The van der Waals surface area contributed by atoms with E-state index in [-0.39, 0.29) is 16.9 Å². The van der Waals surface area contributed by atoms with Crippen molar-refractivity contribution in [3.8, 4) is 0 Å². The molecule has 0 N–H and O–H groups in total. The van der Waals surface area contributed by atoms with Gasteiger partial charge in [0.15, 0.2) is 0 Å². The molecule has 16 heavy (non-hydrogen) atoms. The molecule has 0 aliphatic rings. The van der Waals surface area contributed by atoms with E-state index in [1.54, 1.807) is 24.1 Å². The van der Waals surface area contributed by atoms with Gasteiger partial charge in [0.2, 0.25) is 0 Å². The molecule has 0 fully saturated rings. The lowest BCUT2D eigenvalue weighted by Crippen LogP contribution is -2.34. The van der Waals surface area contributed by atoms with Crippen molar-refractivity contribution in [2.45, 2.75) is 20.8 Å². The predicted octanol–water partition coefficient (Wildman–Crippen LogP) is 2.94. The van der Waals surface area contributed by atoms with Crippen LogP contribution in [-0.2, 0) is 0 Å². The molecule has 0 heterocycles. The van der Waals surface area contributed by atoms with Crippen LogP contribution in [0.15, 0.2) is 24.3 Å². The van der Waals surface area contributed by atoms with Crippen LogP contribution in [0.5, 0.6) is 0 Å². The molecule has 1 aromatic rings. The fraction of sp³-hybridized carbons (Fsp3) is 0.462. The number of benzene rings is 1. The molecule has 2 nitrogen and oxygen atoms in total. The van der Waals surface area contributed by atoms with Gasteiger partial charge in [-0.25, -0.2) is 4.39 Å². The Morgan fingerprint density at radius 2 is 1.88 bits per heavy atom. The van der Waals surface area contributed by atoms with Gasteiger partial charge >= 0.3 is 0 Å². The van der Waals surface area contributed by atoms with Gasteiger partial charge in [-0.2, -0.15) is 0 Å². The third kappa shape index (κ3) is 3.33. The van der Waals surface area contributed by atoms with Gasteiger partial charge in [-0.15, -0.1) is 0 Å². The second kappa shape index (κ2) is 4.64. The first-order valence-electron chi connectivity index (χ1n) is 5.31. The average molecular weight is 223 g/mol. The van der Waals surface area contributed by atoms with E-state index in [0.29, 0.717) is 6.54 Å². The Bertz CT molecular complexity index is 382. The molecular formula is C13H18FNO. The Balaban J connectivity index is 2.83. The van der Waals surface area contributed by atoms with E-state index in [1.165, 1.54) is 12.1 Å². The Labute approximate surface area is 96.1 Å². The summed E-state index contributed by atoms with van der Waals surface area (Å²) >= 11 is 0. The van der Waals surface area contributed by atoms with Crippen LogP contribution < -0.4 is 0 Å². The smallest absolute Gasteiger partial charge is 0.256 e. The molecule has 0 aliphatic heterocycles. The van der Waals surface area contributed by atoms with Gasteiger partial charge in [-0.3, -0.25) is 4.79 Å². The Kier molecular flexibility index (Phi) is 3.68. The van der Waals surface area contributed by atoms with Crippen molar-refractivity contribution in [1.82, 2.24) is 4.90 Å². The number of nitrogens with zero attached hydrogens (tertiary/aromatic N) is 1. The van der Waals surface area contributed by atoms with E-state index in [2.05, 4.69) is 0 Å². The normalized spacial score (nSPS) is 11.3. The highest BCUT2D eigenvalue weighted by Gasteiger charge is 2.20. The second-order valence-corrected chi connectivity index (χ2v) is 5.20. The van der Waals surface area contributed by atoms with Crippen molar-refractivity contribution in [3.63, 3.8) is 0 Å². The lowest BCUT2D eigenvalue weighted by atomic mass is 9.96. The number of rotatable bonds is 2. The van der Waals surface area contributed by atoms with Gasteiger partial charge < -0.3 is 4.90 Å². The zero-order valence-corrected chi connectivity index (χ0v) is 10.2. The van der Waals surface area contributed by atoms with Crippen molar-refractivity contribution in [2.24, 2.45) is 5.41 Å². The first kappa shape index (κ1) is 12.7. The zero-order valence-electron chi connectivity index (χ0n) is 10.2. The van der Waals surface area contributed by atoms with Gasteiger partial charge in [0.05, 0.1) is 5.56 Å². The van der Waals surface area contributed by atoms with Gasteiger partial charge in [0.25, 0.3) is 5.91 Å². The number of amides is 1. The fourth-order valence-electron chi connectivity index (χ4n) is 1.62. The molecule has 0 saturated carbocycles. The summed E-state index contributed by atoms with van der Waals surface area (Å²) in [4.78, 5) is 13.5. The number of carbonyl (C=O) groups is 1. The summed E-state index contributed by atoms with van der Waals surface area (Å²) in [7, 11) is 1.69. The Morgan fingerprint density at radius 3 is 2.38 bits per heavy atom. The van der Waals surface area contributed by atoms with Crippen molar-refractivity contribution in [1.29, 1.82) is 0 Å². The summed E-state index contributed by atoms with van der Waals surface area (Å²) in [5.41, 5.74) is 0.143. The third-order valence-corrected chi connectivity index (χ3v) is 2.16. The van der Waals surface area contributed by atoms with Crippen molar-refractivity contribution in [2.75, 3.05) is 13.6 Å². The van der Waals surface area contributed by atoms with Crippen molar-refractivity contribution < 1.29 is 9.18 Å². The Hall–Kier alpha value is -1.38. The molecule has 1 amide bonds. The van der Waals surface area contributed by atoms with E-state index in [4.69, 9.17) is 0 Å². The van der Waals surface area contributed by atoms with E-state index in [0.717, 1.165) is 0 Å². The van der Waals surface area contributed by atoms with Crippen LogP contribution in [0.25, 0.3) is 0 Å². The van der Waals surface area contributed by atoms with E-state index < -0.39 is 5.82 Å². The van der Waals surface area contributed by atoms with Crippen LogP contribution in [0, 0.1) is 11.2 Å². The largest absolute Gasteiger partial charge is 0.341 e. The van der Waals surface area contributed by atoms with Crippen LogP contribution in [0.2, 0.25) is 0 Å². The monoisotopic (exact) mass is 223 g/mol. The zero-order chi connectivity index (χ0) is 12.3. The minimum atomic E-state index is -0.465. The van der Waals surface area contributed by atoms with Crippen LogP contribution >= 0.6 is 0 Å². The molecule has 1 aromatic carbocycles. The standard InChI is InChI=1S/C13H18FNO/c1-13(2,3)9-15(4)12(16)10-7-5-6-8-11(10)14/h5-8H,9H2,1-4H3. The summed E-state index contributed by atoms with van der Waals surface area (Å²) in [5, 5.41) is 0. The molecule has 0 atom stereocenters. The maximum atomic E-state index is 13.4. The van der Waals surface area contributed by atoms with Gasteiger partial charge in [-0.1, -0.05) is 32.9 Å². The summed E-state index contributed by atoms with van der Waals surface area (Å²) in [6.07, 6.45) is 0. The van der Waals surface area contributed by atoms with Crippen LogP contribution in [0.4, 0.5) is 4.39 Å². The Morgan fingerprint density at radius 1 is 1.31 bits per heavy atom. The van der Waals surface area contributed by atoms with Crippen molar-refractivity contribution in [3.05, 3.63) is 35.6 Å². The molecule has 0 aromatic heterocycles. The van der Waals surface area contributed by atoms with Crippen molar-refractivity contribution >= 4 is 5.91 Å². The maximum Gasteiger partial charge on any atom is 0.256 e.